The van der Waals surface area contributed by atoms with E-state index in [1.165, 1.54) is 0 Å². The van der Waals surface area contributed by atoms with Crippen LogP contribution in [-0.2, 0) is 4.74 Å². The molecule has 1 rings (SSSR count). The lowest BCUT2D eigenvalue weighted by Crippen LogP contribution is -2.33. The van der Waals surface area contributed by atoms with Crippen LogP contribution >= 0.6 is 0 Å². The Kier molecular flexibility index (Phi) is 8.19. The number of hydrogen-bond acceptors (Lipinski definition) is 4. The molecule has 1 atom stereocenters. The molecule has 6 heteroatoms. The van der Waals surface area contributed by atoms with Gasteiger partial charge in [0.25, 0.3) is 6.43 Å². The average Bonchev–Trinajstić information content (AvgIpc) is 2.41. The zero-order valence-corrected chi connectivity index (χ0v) is 12.4. The first kappa shape index (κ1) is 17.8. The van der Waals surface area contributed by atoms with Gasteiger partial charge in [-0.05, 0) is 25.5 Å². The molecule has 0 aliphatic heterocycles. The summed E-state index contributed by atoms with van der Waals surface area (Å²) < 4.78 is 33.8. The molecule has 0 saturated carbocycles. The molecule has 1 aromatic carbocycles. The van der Waals surface area contributed by atoms with Gasteiger partial charge in [0, 0.05) is 13.1 Å². The van der Waals surface area contributed by atoms with Crippen LogP contribution in [0.25, 0.3) is 0 Å². The Morgan fingerprint density at radius 3 is 2.67 bits per heavy atom. The molecule has 2 N–H and O–H groups in total. The Balaban J connectivity index is 2.12. The van der Waals surface area contributed by atoms with Crippen molar-refractivity contribution in [1.29, 1.82) is 0 Å². The highest BCUT2D eigenvalue weighted by Crippen LogP contribution is 2.18. The first-order valence-electron chi connectivity index (χ1n) is 6.93. The predicted molar refractivity (Wildman–Crippen MR) is 77.1 cm³/mol. The third-order valence-corrected chi connectivity index (χ3v) is 2.81. The molecule has 0 bridgehead atoms. The van der Waals surface area contributed by atoms with Crippen molar-refractivity contribution in [3.05, 3.63) is 29.3 Å². The Bertz CT molecular complexity index is 416. The van der Waals surface area contributed by atoms with Crippen molar-refractivity contribution in [2.75, 3.05) is 32.9 Å². The molecule has 0 aromatic heterocycles. The molecule has 0 aliphatic rings. The third kappa shape index (κ3) is 7.94. The maximum Gasteiger partial charge on any atom is 0.261 e. The summed E-state index contributed by atoms with van der Waals surface area (Å²) in [6.07, 6.45) is -3.11. The third-order valence-electron chi connectivity index (χ3n) is 2.81. The van der Waals surface area contributed by atoms with E-state index in [1.807, 2.05) is 32.0 Å². The summed E-state index contributed by atoms with van der Waals surface area (Å²) in [5.74, 6) is 0.750. The van der Waals surface area contributed by atoms with E-state index >= 15 is 0 Å². The van der Waals surface area contributed by atoms with Gasteiger partial charge in [0.2, 0.25) is 0 Å². The Hall–Kier alpha value is -1.24. The SMILES string of the molecule is Cc1ccc(OCC(O)CNCCOCC(F)F)c(C)c1. The van der Waals surface area contributed by atoms with E-state index in [1.54, 1.807) is 0 Å². The first-order valence-corrected chi connectivity index (χ1v) is 6.93. The van der Waals surface area contributed by atoms with Gasteiger partial charge in [-0.3, -0.25) is 0 Å². The molecule has 0 amide bonds. The minimum absolute atomic E-state index is 0.175. The van der Waals surface area contributed by atoms with E-state index in [0.29, 0.717) is 13.1 Å². The number of halogens is 2. The second-order valence-corrected chi connectivity index (χ2v) is 4.90. The van der Waals surface area contributed by atoms with Crippen LogP contribution in [-0.4, -0.2) is 50.5 Å². The number of aryl methyl sites for hydroxylation is 2. The maximum atomic E-state index is 11.8. The molecule has 1 aromatic rings. The zero-order valence-electron chi connectivity index (χ0n) is 12.4. The van der Waals surface area contributed by atoms with Gasteiger partial charge in [0.05, 0.1) is 6.61 Å². The van der Waals surface area contributed by atoms with E-state index in [2.05, 4.69) is 5.32 Å². The lowest BCUT2D eigenvalue weighted by molar-refractivity contribution is 0.0177. The second-order valence-electron chi connectivity index (χ2n) is 4.90. The second kappa shape index (κ2) is 9.65. The maximum absolute atomic E-state index is 11.8. The molecule has 0 spiro atoms. The summed E-state index contributed by atoms with van der Waals surface area (Å²) in [7, 11) is 0. The number of hydrogen-bond donors (Lipinski definition) is 2. The van der Waals surface area contributed by atoms with Crippen molar-refractivity contribution < 1.29 is 23.4 Å². The molecule has 0 saturated heterocycles. The summed E-state index contributed by atoms with van der Waals surface area (Å²) in [5, 5.41) is 12.7. The summed E-state index contributed by atoms with van der Waals surface area (Å²) >= 11 is 0. The zero-order chi connectivity index (χ0) is 15.7. The molecule has 4 nitrogen and oxygen atoms in total. The summed E-state index contributed by atoms with van der Waals surface area (Å²) in [5.41, 5.74) is 2.18. The van der Waals surface area contributed by atoms with Gasteiger partial charge in [-0.1, -0.05) is 17.7 Å². The van der Waals surface area contributed by atoms with Crippen LogP contribution in [0, 0.1) is 13.8 Å². The quantitative estimate of drug-likeness (QED) is 0.648. The van der Waals surface area contributed by atoms with E-state index in [9.17, 15) is 13.9 Å². The van der Waals surface area contributed by atoms with Crippen molar-refractivity contribution in [2.45, 2.75) is 26.4 Å². The van der Waals surface area contributed by atoms with Crippen LogP contribution in [0.4, 0.5) is 8.78 Å². The van der Waals surface area contributed by atoms with Crippen molar-refractivity contribution in [2.24, 2.45) is 0 Å². The minimum Gasteiger partial charge on any atom is -0.491 e. The topological polar surface area (TPSA) is 50.7 Å². The predicted octanol–water partition coefficient (Wildman–Crippen LogP) is 1.91. The number of alkyl halides is 2. The van der Waals surface area contributed by atoms with E-state index < -0.39 is 19.1 Å². The fourth-order valence-corrected chi connectivity index (χ4v) is 1.79. The summed E-state index contributed by atoms with van der Waals surface area (Å²) in [6, 6.07) is 5.84. The van der Waals surface area contributed by atoms with Crippen molar-refractivity contribution in [3.63, 3.8) is 0 Å². The molecule has 0 fully saturated rings. The van der Waals surface area contributed by atoms with Crippen molar-refractivity contribution >= 4 is 0 Å². The number of benzene rings is 1. The van der Waals surface area contributed by atoms with Crippen LogP contribution in [0.3, 0.4) is 0 Å². The van der Waals surface area contributed by atoms with Crippen molar-refractivity contribution in [3.8, 4) is 5.75 Å². The number of nitrogens with one attached hydrogen (secondary N) is 1. The number of ether oxygens (including phenoxy) is 2. The molecular formula is C15H23F2NO3. The highest BCUT2D eigenvalue weighted by Gasteiger charge is 2.07. The monoisotopic (exact) mass is 303 g/mol. The van der Waals surface area contributed by atoms with Gasteiger partial charge in [-0.2, -0.15) is 0 Å². The molecule has 0 heterocycles. The van der Waals surface area contributed by atoms with Crippen molar-refractivity contribution in [1.82, 2.24) is 5.32 Å². The standard InChI is InChI=1S/C15H23F2NO3/c1-11-3-4-14(12(2)7-11)21-9-13(19)8-18-5-6-20-10-15(16)17/h3-4,7,13,15,18-19H,5-6,8-10H2,1-2H3. The lowest BCUT2D eigenvalue weighted by atomic mass is 10.1. The van der Waals surface area contributed by atoms with Gasteiger partial charge in [-0.15, -0.1) is 0 Å². The molecule has 0 aliphatic carbocycles. The van der Waals surface area contributed by atoms with Gasteiger partial charge >= 0.3 is 0 Å². The fraction of sp³-hybridized carbons (Fsp3) is 0.600. The van der Waals surface area contributed by atoms with E-state index in [-0.39, 0.29) is 13.2 Å². The smallest absolute Gasteiger partial charge is 0.261 e. The van der Waals surface area contributed by atoms with Crippen LogP contribution < -0.4 is 10.1 Å². The lowest BCUT2D eigenvalue weighted by Gasteiger charge is -2.15. The average molecular weight is 303 g/mol. The Morgan fingerprint density at radius 1 is 1.24 bits per heavy atom. The molecule has 1 unspecified atom stereocenters. The van der Waals surface area contributed by atoms with Gasteiger partial charge in [0.1, 0.15) is 25.1 Å². The van der Waals surface area contributed by atoms with Crippen LogP contribution in [0.5, 0.6) is 5.75 Å². The molecule has 120 valence electrons. The molecule has 21 heavy (non-hydrogen) atoms. The van der Waals surface area contributed by atoms with E-state index in [4.69, 9.17) is 9.47 Å². The van der Waals surface area contributed by atoms with Crippen LogP contribution in [0.2, 0.25) is 0 Å². The normalized spacial score (nSPS) is 12.7. The fourth-order valence-electron chi connectivity index (χ4n) is 1.79. The first-order chi connectivity index (χ1) is 9.99. The summed E-state index contributed by atoms with van der Waals surface area (Å²) in [4.78, 5) is 0. The number of rotatable bonds is 10. The highest BCUT2D eigenvalue weighted by molar-refractivity contribution is 5.35. The van der Waals surface area contributed by atoms with Gasteiger partial charge < -0.3 is 19.9 Å². The minimum atomic E-state index is -2.44. The Labute approximate surface area is 124 Å². The van der Waals surface area contributed by atoms with E-state index in [0.717, 1.165) is 16.9 Å². The molecule has 0 radical (unpaired) electrons. The number of aliphatic hydroxyl groups excluding tert-OH is 1. The highest BCUT2D eigenvalue weighted by atomic mass is 19.3. The molecular weight excluding hydrogens is 280 g/mol. The largest absolute Gasteiger partial charge is 0.491 e. The van der Waals surface area contributed by atoms with Gasteiger partial charge in [-0.25, -0.2) is 8.78 Å². The Morgan fingerprint density at radius 2 is 2.00 bits per heavy atom. The van der Waals surface area contributed by atoms with Gasteiger partial charge in [0.15, 0.2) is 0 Å². The van der Waals surface area contributed by atoms with Crippen LogP contribution in [0.1, 0.15) is 11.1 Å². The summed E-state index contributed by atoms with van der Waals surface area (Å²) in [6.45, 7) is 4.50. The van der Waals surface area contributed by atoms with Crippen LogP contribution in [0.15, 0.2) is 18.2 Å². The number of aliphatic hydroxyl groups is 1.